The fourth-order valence-corrected chi connectivity index (χ4v) is 3.10. The molecule has 0 aliphatic carbocycles. The van der Waals surface area contributed by atoms with Gasteiger partial charge < -0.3 is 19.7 Å². The number of carbonyl (C=O) groups excluding carboxylic acids is 1. The smallest absolute Gasteiger partial charge is 0.331 e. The predicted molar refractivity (Wildman–Crippen MR) is 98.2 cm³/mol. The monoisotopic (exact) mass is 356 g/mol. The lowest BCUT2D eigenvalue weighted by atomic mass is 9.95. The maximum absolute atomic E-state index is 11.2. The Morgan fingerprint density at radius 2 is 1.96 bits per heavy atom. The van der Waals surface area contributed by atoms with Crippen molar-refractivity contribution in [2.75, 3.05) is 0 Å². The van der Waals surface area contributed by atoms with Crippen LogP contribution >= 0.6 is 0 Å². The van der Waals surface area contributed by atoms with Gasteiger partial charge in [0.1, 0.15) is 18.3 Å². The maximum Gasteiger partial charge on any atom is 0.331 e. The van der Waals surface area contributed by atoms with E-state index in [4.69, 9.17) is 9.47 Å². The molecule has 0 bridgehead atoms. The Balaban J connectivity index is 1.56. The minimum absolute atomic E-state index is 0.204. The number of ether oxygens (including phenoxy) is 2. The van der Waals surface area contributed by atoms with Gasteiger partial charge in [-0.15, -0.1) is 0 Å². The van der Waals surface area contributed by atoms with Crippen LogP contribution in [-0.4, -0.2) is 46.7 Å². The molecule has 5 heteroatoms. The summed E-state index contributed by atoms with van der Waals surface area (Å²) in [6.07, 6.45) is 9.46. The van der Waals surface area contributed by atoms with Gasteiger partial charge in [-0.2, -0.15) is 0 Å². The Morgan fingerprint density at radius 3 is 2.73 bits per heavy atom. The summed E-state index contributed by atoms with van der Waals surface area (Å²) in [4.78, 5) is 11.2. The lowest BCUT2D eigenvalue weighted by Gasteiger charge is -2.35. The summed E-state index contributed by atoms with van der Waals surface area (Å²) in [5.41, 5.74) is 1.01. The van der Waals surface area contributed by atoms with E-state index in [0.717, 1.165) is 5.56 Å². The minimum Gasteiger partial charge on any atom is -0.455 e. The lowest BCUT2D eigenvalue weighted by Crippen LogP contribution is -2.47. The first-order valence-corrected chi connectivity index (χ1v) is 8.90. The summed E-state index contributed by atoms with van der Waals surface area (Å²) in [5.74, 6) is -0.329. The standard InChI is InChI=1S/C21H24O5/c22-18-14-17(10-4-8-16-9-5-11-20(23)26-16)25-19(21(18)24)13-12-15-6-2-1-3-7-15/h1-8,11-13,16-19,21-22,24H,9-10,14H2/t16-,17-,18+,19+,21+/m1/s1. The van der Waals surface area contributed by atoms with Crippen LogP contribution in [0.5, 0.6) is 0 Å². The van der Waals surface area contributed by atoms with Gasteiger partial charge in [0.2, 0.25) is 0 Å². The van der Waals surface area contributed by atoms with Crippen molar-refractivity contribution in [1.29, 1.82) is 0 Å². The molecule has 3 rings (SSSR count). The highest BCUT2D eigenvalue weighted by molar-refractivity contribution is 5.82. The first-order valence-electron chi connectivity index (χ1n) is 8.90. The van der Waals surface area contributed by atoms with Gasteiger partial charge in [0.15, 0.2) is 0 Å². The third-order valence-electron chi connectivity index (χ3n) is 4.50. The molecular weight excluding hydrogens is 332 g/mol. The largest absolute Gasteiger partial charge is 0.455 e. The molecule has 0 radical (unpaired) electrons. The van der Waals surface area contributed by atoms with Crippen molar-refractivity contribution in [1.82, 2.24) is 0 Å². The maximum atomic E-state index is 11.2. The van der Waals surface area contributed by atoms with E-state index in [-0.39, 0.29) is 18.2 Å². The molecule has 1 fully saturated rings. The highest BCUT2D eigenvalue weighted by Crippen LogP contribution is 2.24. The zero-order valence-electron chi connectivity index (χ0n) is 14.5. The van der Waals surface area contributed by atoms with Crippen molar-refractivity contribution >= 4 is 12.0 Å². The number of benzene rings is 1. The first-order chi connectivity index (χ1) is 12.6. The van der Waals surface area contributed by atoms with Crippen LogP contribution in [0, 0.1) is 0 Å². The molecule has 2 aliphatic rings. The molecule has 2 heterocycles. The van der Waals surface area contributed by atoms with Gasteiger partial charge in [0, 0.05) is 18.9 Å². The van der Waals surface area contributed by atoms with Crippen molar-refractivity contribution < 1.29 is 24.5 Å². The van der Waals surface area contributed by atoms with Gasteiger partial charge in [-0.05, 0) is 18.1 Å². The van der Waals surface area contributed by atoms with Gasteiger partial charge in [-0.1, -0.05) is 54.6 Å². The van der Waals surface area contributed by atoms with Crippen molar-refractivity contribution in [3.63, 3.8) is 0 Å². The van der Waals surface area contributed by atoms with Crippen molar-refractivity contribution in [2.24, 2.45) is 0 Å². The van der Waals surface area contributed by atoms with Crippen LogP contribution < -0.4 is 0 Å². The molecule has 0 amide bonds. The van der Waals surface area contributed by atoms with E-state index in [0.29, 0.717) is 19.3 Å². The summed E-state index contributed by atoms with van der Waals surface area (Å²) in [7, 11) is 0. The highest BCUT2D eigenvalue weighted by atomic mass is 16.5. The third kappa shape index (κ3) is 5.14. The molecule has 2 aliphatic heterocycles. The van der Waals surface area contributed by atoms with Gasteiger partial charge in [0.25, 0.3) is 0 Å². The molecule has 1 saturated heterocycles. The molecule has 0 aromatic heterocycles. The highest BCUT2D eigenvalue weighted by Gasteiger charge is 2.34. The molecule has 1 aromatic carbocycles. The number of carbonyl (C=O) groups is 1. The van der Waals surface area contributed by atoms with Crippen molar-refractivity contribution in [3.05, 3.63) is 66.3 Å². The fraction of sp³-hybridized carbons (Fsp3) is 0.381. The van der Waals surface area contributed by atoms with Crippen LogP contribution in [0.25, 0.3) is 6.08 Å². The van der Waals surface area contributed by atoms with E-state index < -0.39 is 18.3 Å². The van der Waals surface area contributed by atoms with Gasteiger partial charge in [-0.3, -0.25) is 0 Å². The van der Waals surface area contributed by atoms with Crippen LogP contribution in [-0.2, 0) is 14.3 Å². The van der Waals surface area contributed by atoms with E-state index >= 15 is 0 Å². The number of esters is 1. The summed E-state index contributed by atoms with van der Waals surface area (Å²) in [6, 6.07) is 9.74. The predicted octanol–water partition coefficient (Wildman–Crippen LogP) is 2.40. The molecular formula is C21H24O5. The zero-order chi connectivity index (χ0) is 18.4. The molecule has 0 saturated carbocycles. The molecule has 0 spiro atoms. The normalized spacial score (nSPS) is 32.2. The van der Waals surface area contributed by atoms with Crippen molar-refractivity contribution in [2.45, 2.75) is 49.8 Å². The van der Waals surface area contributed by atoms with E-state index in [2.05, 4.69) is 0 Å². The van der Waals surface area contributed by atoms with Crippen LogP contribution in [0.2, 0.25) is 0 Å². The van der Waals surface area contributed by atoms with Crippen LogP contribution in [0.15, 0.2) is 60.7 Å². The quantitative estimate of drug-likeness (QED) is 0.626. The number of aliphatic hydroxyl groups is 2. The summed E-state index contributed by atoms with van der Waals surface area (Å²) < 4.78 is 11.1. The average Bonchev–Trinajstić information content (AvgIpc) is 2.64. The topological polar surface area (TPSA) is 76.0 Å². The second kappa shape index (κ2) is 8.94. The number of aliphatic hydroxyl groups excluding tert-OH is 2. The Bertz CT molecular complexity index is 679. The van der Waals surface area contributed by atoms with Crippen molar-refractivity contribution in [3.8, 4) is 0 Å². The van der Waals surface area contributed by atoms with E-state index in [1.807, 2.05) is 48.6 Å². The molecule has 2 N–H and O–H groups in total. The first kappa shape index (κ1) is 18.6. The molecule has 1 aromatic rings. The Morgan fingerprint density at radius 1 is 1.15 bits per heavy atom. The van der Waals surface area contributed by atoms with Crippen LogP contribution in [0.3, 0.4) is 0 Å². The summed E-state index contributed by atoms with van der Waals surface area (Å²) >= 11 is 0. The minimum atomic E-state index is -0.945. The second-order valence-electron chi connectivity index (χ2n) is 6.56. The Kier molecular flexibility index (Phi) is 6.39. The SMILES string of the molecule is O=C1C=CC[C@@H](C=CC[C@@H]2C[C@H](O)[C@H](O)[C@H](C=Cc3ccccc3)O2)O1. The number of cyclic esters (lactones) is 1. The van der Waals surface area contributed by atoms with Crippen LogP contribution in [0.1, 0.15) is 24.8 Å². The molecule has 138 valence electrons. The molecule has 26 heavy (non-hydrogen) atoms. The van der Waals surface area contributed by atoms with E-state index in [1.165, 1.54) is 6.08 Å². The fourth-order valence-electron chi connectivity index (χ4n) is 3.10. The third-order valence-corrected chi connectivity index (χ3v) is 4.50. The van der Waals surface area contributed by atoms with E-state index in [9.17, 15) is 15.0 Å². The molecule has 5 nitrogen and oxygen atoms in total. The Hall–Kier alpha value is -2.21. The lowest BCUT2D eigenvalue weighted by molar-refractivity contribution is -0.149. The summed E-state index contributed by atoms with van der Waals surface area (Å²) in [6.45, 7) is 0. The molecule has 0 unspecified atom stereocenters. The van der Waals surface area contributed by atoms with Gasteiger partial charge >= 0.3 is 5.97 Å². The molecule has 5 atom stereocenters. The van der Waals surface area contributed by atoms with Crippen LogP contribution in [0.4, 0.5) is 0 Å². The Labute approximate surface area is 153 Å². The second-order valence-corrected chi connectivity index (χ2v) is 6.56. The zero-order valence-corrected chi connectivity index (χ0v) is 14.5. The van der Waals surface area contributed by atoms with Gasteiger partial charge in [0.05, 0.1) is 12.2 Å². The van der Waals surface area contributed by atoms with Gasteiger partial charge in [-0.25, -0.2) is 4.79 Å². The summed E-state index contributed by atoms with van der Waals surface area (Å²) in [5, 5.41) is 20.3. The number of rotatable bonds is 5. The number of hydrogen-bond acceptors (Lipinski definition) is 5. The number of hydrogen-bond donors (Lipinski definition) is 2. The average molecular weight is 356 g/mol. The van der Waals surface area contributed by atoms with E-state index in [1.54, 1.807) is 12.2 Å².